The molecular formula is C21H20BrN5O2. The molecule has 3 aromatic heterocycles. The number of rotatable bonds is 8. The van der Waals surface area contributed by atoms with Crippen LogP contribution in [0.15, 0.2) is 65.5 Å². The summed E-state index contributed by atoms with van der Waals surface area (Å²) in [6, 6.07) is 13.4. The number of H-pyrrole nitrogens is 1. The Kier molecular flexibility index (Phi) is 6.14. The second kappa shape index (κ2) is 9.13. The highest BCUT2D eigenvalue weighted by Gasteiger charge is 2.08. The quantitative estimate of drug-likeness (QED) is 0.378. The molecule has 0 radical (unpaired) electrons. The molecule has 1 unspecified atom stereocenters. The molecule has 4 aromatic rings. The molecule has 0 aliphatic carbocycles. The molecule has 4 rings (SSSR count). The average molecular weight is 454 g/mol. The molecular weight excluding hydrogens is 434 g/mol. The van der Waals surface area contributed by atoms with Crippen LogP contribution in [0.1, 0.15) is 5.56 Å². The maximum Gasteiger partial charge on any atom is 0.178 e. The lowest BCUT2D eigenvalue weighted by atomic mass is 10.2. The Morgan fingerprint density at radius 3 is 2.72 bits per heavy atom. The van der Waals surface area contributed by atoms with Crippen LogP contribution in [0.25, 0.3) is 22.6 Å². The lowest BCUT2D eigenvalue weighted by Gasteiger charge is -2.13. The fraction of sp³-hybridized carbons (Fsp3) is 0.190. The molecule has 0 spiro atoms. The third-order valence-electron chi connectivity index (χ3n) is 4.33. The molecule has 7 nitrogen and oxygen atoms in total. The number of aromatic nitrogens is 4. The van der Waals surface area contributed by atoms with Crippen molar-refractivity contribution in [2.24, 2.45) is 0 Å². The number of fused-ring (bicyclic) bond motifs is 1. The van der Waals surface area contributed by atoms with Gasteiger partial charge in [0.25, 0.3) is 0 Å². The van der Waals surface area contributed by atoms with Gasteiger partial charge in [0.2, 0.25) is 0 Å². The minimum Gasteiger partial charge on any atom is -0.491 e. The molecule has 29 heavy (non-hydrogen) atoms. The van der Waals surface area contributed by atoms with Crippen LogP contribution in [0.4, 0.5) is 0 Å². The van der Waals surface area contributed by atoms with Crippen molar-refractivity contribution in [3.63, 3.8) is 0 Å². The van der Waals surface area contributed by atoms with Gasteiger partial charge in [-0.2, -0.15) is 0 Å². The molecule has 0 fully saturated rings. The van der Waals surface area contributed by atoms with Crippen LogP contribution in [-0.4, -0.2) is 44.3 Å². The van der Waals surface area contributed by atoms with Gasteiger partial charge in [-0.1, -0.05) is 0 Å². The van der Waals surface area contributed by atoms with E-state index in [-0.39, 0.29) is 6.61 Å². The van der Waals surface area contributed by atoms with Crippen molar-refractivity contribution in [3.05, 3.63) is 71.1 Å². The standard InChI is InChI=1S/C21H20BrN5O2/c22-16-9-19-21(25-11-16)27-20(26-19)15-1-3-18(4-2-15)29-13-17(28)12-24-10-14-5-7-23-8-6-14/h1-9,11,17,24,28H,10,12-13H2,(H,25,26,27). The van der Waals surface area contributed by atoms with E-state index in [9.17, 15) is 5.11 Å². The largest absolute Gasteiger partial charge is 0.491 e. The van der Waals surface area contributed by atoms with Crippen molar-refractivity contribution < 1.29 is 9.84 Å². The molecule has 0 aliphatic rings. The summed E-state index contributed by atoms with van der Waals surface area (Å²) >= 11 is 3.41. The van der Waals surface area contributed by atoms with E-state index >= 15 is 0 Å². The summed E-state index contributed by atoms with van der Waals surface area (Å²) < 4.78 is 6.59. The van der Waals surface area contributed by atoms with E-state index in [2.05, 4.69) is 41.2 Å². The van der Waals surface area contributed by atoms with Crippen molar-refractivity contribution in [2.75, 3.05) is 13.2 Å². The van der Waals surface area contributed by atoms with E-state index in [1.54, 1.807) is 18.6 Å². The molecule has 0 bridgehead atoms. The number of benzene rings is 1. The first-order valence-electron chi connectivity index (χ1n) is 9.19. The number of nitrogens with zero attached hydrogens (tertiary/aromatic N) is 3. The van der Waals surface area contributed by atoms with Crippen LogP contribution in [0.3, 0.4) is 0 Å². The number of nitrogens with one attached hydrogen (secondary N) is 2. The van der Waals surface area contributed by atoms with Crippen LogP contribution in [0.5, 0.6) is 5.75 Å². The van der Waals surface area contributed by atoms with Crippen LogP contribution in [-0.2, 0) is 6.54 Å². The van der Waals surface area contributed by atoms with Gasteiger partial charge in [-0.05, 0) is 64.0 Å². The monoisotopic (exact) mass is 453 g/mol. The van der Waals surface area contributed by atoms with Crippen LogP contribution in [0.2, 0.25) is 0 Å². The van der Waals surface area contributed by atoms with Crippen molar-refractivity contribution in [2.45, 2.75) is 12.6 Å². The van der Waals surface area contributed by atoms with Crippen molar-refractivity contribution in [3.8, 4) is 17.1 Å². The van der Waals surface area contributed by atoms with Crippen molar-refractivity contribution in [1.29, 1.82) is 0 Å². The number of aliphatic hydroxyl groups is 1. The SMILES string of the molecule is OC(CNCc1ccncc1)COc1ccc(-c2nc3ncc(Br)cc3[nH]2)cc1. The molecule has 1 atom stereocenters. The predicted molar refractivity (Wildman–Crippen MR) is 114 cm³/mol. The summed E-state index contributed by atoms with van der Waals surface area (Å²) in [4.78, 5) is 16.0. The fourth-order valence-corrected chi connectivity index (χ4v) is 3.19. The van der Waals surface area contributed by atoms with Crippen LogP contribution < -0.4 is 10.1 Å². The van der Waals surface area contributed by atoms with Gasteiger partial charge in [0.1, 0.15) is 24.3 Å². The number of hydrogen-bond donors (Lipinski definition) is 3. The minimum absolute atomic E-state index is 0.214. The fourth-order valence-electron chi connectivity index (χ4n) is 2.86. The highest BCUT2D eigenvalue weighted by molar-refractivity contribution is 9.10. The zero-order valence-electron chi connectivity index (χ0n) is 15.5. The van der Waals surface area contributed by atoms with Crippen LogP contribution >= 0.6 is 15.9 Å². The summed E-state index contributed by atoms with van der Waals surface area (Å²) in [5, 5.41) is 13.3. The van der Waals surface area contributed by atoms with Gasteiger partial charge >= 0.3 is 0 Å². The summed E-state index contributed by atoms with van der Waals surface area (Å²) in [6.07, 6.45) is 4.62. The van der Waals surface area contributed by atoms with Gasteiger partial charge in [0.15, 0.2) is 5.65 Å². The second-order valence-corrected chi connectivity index (χ2v) is 7.50. The van der Waals surface area contributed by atoms with Gasteiger partial charge < -0.3 is 20.1 Å². The van der Waals surface area contributed by atoms with E-state index in [1.807, 2.05) is 42.5 Å². The number of aromatic amines is 1. The van der Waals surface area contributed by atoms with Gasteiger partial charge in [-0.3, -0.25) is 4.98 Å². The third-order valence-corrected chi connectivity index (χ3v) is 4.77. The minimum atomic E-state index is -0.601. The van der Waals surface area contributed by atoms with E-state index < -0.39 is 6.10 Å². The molecule has 0 saturated heterocycles. The summed E-state index contributed by atoms with van der Waals surface area (Å²) in [5.74, 6) is 1.44. The lowest BCUT2D eigenvalue weighted by Crippen LogP contribution is -2.31. The highest BCUT2D eigenvalue weighted by atomic mass is 79.9. The summed E-state index contributed by atoms with van der Waals surface area (Å²) in [5.41, 5.74) is 3.60. The maximum absolute atomic E-state index is 10.1. The van der Waals surface area contributed by atoms with Gasteiger partial charge in [-0.15, -0.1) is 0 Å². The molecule has 0 aliphatic heterocycles. The Labute approximate surface area is 176 Å². The lowest BCUT2D eigenvalue weighted by molar-refractivity contribution is 0.106. The average Bonchev–Trinajstić information content (AvgIpc) is 3.16. The van der Waals surface area contributed by atoms with Crippen LogP contribution in [0, 0.1) is 0 Å². The van der Waals surface area contributed by atoms with E-state index in [4.69, 9.17) is 4.74 Å². The summed E-state index contributed by atoms with van der Waals surface area (Å²) in [6.45, 7) is 1.34. The molecule has 0 saturated carbocycles. The Bertz CT molecular complexity index is 1070. The topological polar surface area (TPSA) is 95.9 Å². The molecule has 0 amide bonds. The first kappa shape index (κ1) is 19.5. The molecule has 3 N–H and O–H groups in total. The molecule has 8 heteroatoms. The first-order valence-corrected chi connectivity index (χ1v) is 9.99. The van der Waals surface area contributed by atoms with Gasteiger partial charge in [-0.25, -0.2) is 9.97 Å². The smallest absolute Gasteiger partial charge is 0.178 e. The highest BCUT2D eigenvalue weighted by Crippen LogP contribution is 2.23. The normalized spacial score (nSPS) is 12.2. The van der Waals surface area contributed by atoms with E-state index in [0.29, 0.717) is 24.5 Å². The Balaban J connectivity index is 1.28. The zero-order chi connectivity index (χ0) is 20.1. The maximum atomic E-state index is 10.1. The molecule has 3 heterocycles. The first-order chi connectivity index (χ1) is 14.2. The summed E-state index contributed by atoms with van der Waals surface area (Å²) in [7, 11) is 0. The number of ether oxygens (including phenoxy) is 1. The second-order valence-electron chi connectivity index (χ2n) is 6.59. The zero-order valence-corrected chi connectivity index (χ0v) is 17.1. The van der Waals surface area contributed by atoms with Gasteiger partial charge in [0.05, 0.1) is 5.52 Å². The number of aliphatic hydroxyl groups excluding tert-OH is 1. The molecule has 1 aromatic carbocycles. The van der Waals surface area contributed by atoms with E-state index in [0.717, 1.165) is 26.9 Å². The number of halogens is 1. The number of pyridine rings is 2. The van der Waals surface area contributed by atoms with Crippen molar-refractivity contribution >= 4 is 27.1 Å². The molecule has 148 valence electrons. The van der Waals surface area contributed by atoms with E-state index in [1.165, 1.54) is 0 Å². The van der Waals surface area contributed by atoms with Gasteiger partial charge in [0, 0.05) is 41.7 Å². The third kappa shape index (κ3) is 5.17. The predicted octanol–water partition coefficient (Wildman–Crippen LogP) is 3.31. The van der Waals surface area contributed by atoms with Crippen molar-refractivity contribution in [1.82, 2.24) is 25.3 Å². The Morgan fingerprint density at radius 1 is 1.14 bits per heavy atom. The number of imidazole rings is 1. The Hall–Kier alpha value is -2.81. The number of hydrogen-bond acceptors (Lipinski definition) is 6. The Morgan fingerprint density at radius 2 is 1.93 bits per heavy atom.